The van der Waals surface area contributed by atoms with Crippen molar-refractivity contribution >= 4 is 23.2 Å². The SMILES string of the molecule is O=C(c1ccc(N2CCCC2)c(Cl)c1)N1CCCC1c1cccnc1. The molecule has 2 aliphatic rings. The highest BCUT2D eigenvalue weighted by molar-refractivity contribution is 6.33. The van der Waals surface area contributed by atoms with E-state index in [0.717, 1.165) is 43.7 Å². The number of anilines is 1. The minimum atomic E-state index is 0.0567. The van der Waals surface area contributed by atoms with Gasteiger partial charge in [0.1, 0.15) is 0 Å². The van der Waals surface area contributed by atoms with Crippen molar-refractivity contribution in [1.82, 2.24) is 9.88 Å². The molecule has 5 heteroatoms. The Balaban J connectivity index is 1.57. The Labute approximate surface area is 153 Å². The second kappa shape index (κ2) is 7.04. The highest BCUT2D eigenvalue weighted by Crippen LogP contribution is 2.34. The highest BCUT2D eigenvalue weighted by atomic mass is 35.5. The number of carbonyl (C=O) groups is 1. The van der Waals surface area contributed by atoms with Crippen LogP contribution in [-0.2, 0) is 0 Å². The van der Waals surface area contributed by atoms with Crippen molar-refractivity contribution in [1.29, 1.82) is 0 Å². The first kappa shape index (κ1) is 16.4. The fraction of sp³-hybridized carbons (Fsp3) is 0.400. The van der Waals surface area contributed by atoms with Crippen LogP contribution < -0.4 is 4.90 Å². The third kappa shape index (κ3) is 3.23. The molecule has 1 atom stereocenters. The van der Waals surface area contributed by atoms with E-state index in [1.54, 1.807) is 6.20 Å². The molecule has 0 saturated carbocycles. The van der Waals surface area contributed by atoms with Gasteiger partial charge in [-0.25, -0.2) is 0 Å². The Bertz CT molecular complexity index is 759. The number of nitrogens with zero attached hydrogens (tertiary/aromatic N) is 3. The van der Waals surface area contributed by atoms with Gasteiger partial charge in [0.05, 0.1) is 16.8 Å². The first-order chi connectivity index (χ1) is 12.2. The Morgan fingerprint density at radius 3 is 2.68 bits per heavy atom. The lowest BCUT2D eigenvalue weighted by Crippen LogP contribution is -2.30. The Morgan fingerprint density at radius 1 is 1.12 bits per heavy atom. The summed E-state index contributed by atoms with van der Waals surface area (Å²) in [5.74, 6) is 0.0567. The molecular formula is C20H22ClN3O. The maximum Gasteiger partial charge on any atom is 0.254 e. The molecule has 2 saturated heterocycles. The number of aromatic nitrogens is 1. The summed E-state index contributed by atoms with van der Waals surface area (Å²) in [6, 6.07) is 9.83. The minimum Gasteiger partial charge on any atom is -0.370 e. The largest absolute Gasteiger partial charge is 0.370 e. The van der Waals surface area contributed by atoms with Crippen molar-refractivity contribution in [2.75, 3.05) is 24.5 Å². The number of hydrogen-bond donors (Lipinski definition) is 0. The van der Waals surface area contributed by atoms with E-state index in [9.17, 15) is 4.79 Å². The Hall–Kier alpha value is -2.07. The molecule has 0 N–H and O–H groups in total. The van der Waals surface area contributed by atoms with Crippen molar-refractivity contribution in [3.8, 4) is 0 Å². The quantitative estimate of drug-likeness (QED) is 0.823. The molecule has 4 nitrogen and oxygen atoms in total. The maximum atomic E-state index is 13.0. The summed E-state index contributed by atoms with van der Waals surface area (Å²) in [4.78, 5) is 21.5. The molecule has 3 heterocycles. The van der Waals surface area contributed by atoms with Gasteiger partial charge in [-0.15, -0.1) is 0 Å². The molecule has 1 amide bonds. The van der Waals surface area contributed by atoms with Crippen LogP contribution in [0.2, 0.25) is 5.02 Å². The van der Waals surface area contributed by atoms with E-state index in [-0.39, 0.29) is 11.9 Å². The molecule has 1 aromatic carbocycles. The van der Waals surface area contributed by atoms with E-state index in [1.165, 1.54) is 12.8 Å². The first-order valence-electron chi connectivity index (χ1n) is 8.99. The molecule has 25 heavy (non-hydrogen) atoms. The van der Waals surface area contributed by atoms with Gasteiger partial charge in [0.25, 0.3) is 5.91 Å². The number of pyridine rings is 1. The third-order valence-electron chi connectivity index (χ3n) is 5.22. The van der Waals surface area contributed by atoms with Crippen molar-refractivity contribution in [2.24, 2.45) is 0 Å². The number of benzene rings is 1. The molecule has 0 aliphatic carbocycles. The average molecular weight is 356 g/mol. The summed E-state index contributed by atoms with van der Waals surface area (Å²) in [6.07, 6.45) is 8.04. The van der Waals surface area contributed by atoms with Gasteiger partial charge in [0, 0.05) is 37.6 Å². The van der Waals surface area contributed by atoms with E-state index in [2.05, 4.69) is 9.88 Å². The van der Waals surface area contributed by atoms with Gasteiger partial charge >= 0.3 is 0 Å². The van der Waals surface area contributed by atoms with Crippen LogP contribution in [0.25, 0.3) is 0 Å². The topological polar surface area (TPSA) is 36.4 Å². The summed E-state index contributed by atoms with van der Waals surface area (Å²) < 4.78 is 0. The predicted octanol–water partition coefficient (Wildman–Crippen LogP) is 4.31. The second-order valence-electron chi connectivity index (χ2n) is 6.80. The summed E-state index contributed by atoms with van der Waals surface area (Å²) in [5.41, 5.74) is 2.82. The average Bonchev–Trinajstić information content (AvgIpc) is 3.33. The molecule has 0 spiro atoms. The first-order valence-corrected chi connectivity index (χ1v) is 9.37. The summed E-state index contributed by atoms with van der Waals surface area (Å²) in [7, 11) is 0. The van der Waals surface area contributed by atoms with Crippen LogP contribution >= 0.6 is 11.6 Å². The molecule has 1 aromatic heterocycles. The highest BCUT2D eigenvalue weighted by Gasteiger charge is 2.31. The van der Waals surface area contributed by atoms with E-state index in [0.29, 0.717) is 10.6 Å². The summed E-state index contributed by atoms with van der Waals surface area (Å²) in [6.45, 7) is 2.87. The van der Waals surface area contributed by atoms with E-state index in [1.807, 2.05) is 41.4 Å². The van der Waals surface area contributed by atoms with Crippen molar-refractivity contribution in [3.63, 3.8) is 0 Å². The fourth-order valence-corrected chi connectivity index (χ4v) is 4.25. The zero-order chi connectivity index (χ0) is 17.2. The smallest absolute Gasteiger partial charge is 0.254 e. The molecule has 1 unspecified atom stereocenters. The number of amides is 1. The maximum absolute atomic E-state index is 13.0. The molecular weight excluding hydrogens is 334 g/mol. The van der Waals surface area contributed by atoms with Crippen LogP contribution in [0.5, 0.6) is 0 Å². The number of rotatable bonds is 3. The van der Waals surface area contributed by atoms with E-state index >= 15 is 0 Å². The van der Waals surface area contributed by atoms with Crippen LogP contribution in [0.3, 0.4) is 0 Å². The van der Waals surface area contributed by atoms with Crippen molar-refractivity contribution in [2.45, 2.75) is 31.7 Å². The van der Waals surface area contributed by atoms with Crippen LogP contribution in [0.1, 0.15) is 47.6 Å². The third-order valence-corrected chi connectivity index (χ3v) is 5.53. The van der Waals surface area contributed by atoms with Crippen LogP contribution in [0, 0.1) is 0 Å². The molecule has 0 radical (unpaired) electrons. The van der Waals surface area contributed by atoms with Gasteiger partial charge in [0.15, 0.2) is 0 Å². The summed E-state index contributed by atoms with van der Waals surface area (Å²) >= 11 is 6.49. The van der Waals surface area contributed by atoms with Gasteiger partial charge in [0.2, 0.25) is 0 Å². The van der Waals surface area contributed by atoms with Gasteiger partial charge in [-0.05, 0) is 55.5 Å². The van der Waals surface area contributed by atoms with Crippen LogP contribution in [0.4, 0.5) is 5.69 Å². The van der Waals surface area contributed by atoms with E-state index in [4.69, 9.17) is 11.6 Å². The Morgan fingerprint density at radius 2 is 1.96 bits per heavy atom. The molecule has 2 aliphatic heterocycles. The molecule has 0 bridgehead atoms. The molecule has 4 rings (SSSR count). The fourth-order valence-electron chi connectivity index (χ4n) is 3.95. The van der Waals surface area contributed by atoms with Crippen molar-refractivity contribution < 1.29 is 4.79 Å². The van der Waals surface area contributed by atoms with Gasteiger partial charge in [-0.1, -0.05) is 17.7 Å². The lowest BCUT2D eigenvalue weighted by molar-refractivity contribution is 0.0735. The van der Waals surface area contributed by atoms with Crippen molar-refractivity contribution in [3.05, 3.63) is 58.9 Å². The monoisotopic (exact) mass is 355 g/mol. The van der Waals surface area contributed by atoms with E-state index < -0.39 is 0 Å². The van der Waals surface area contributed by atoms with Crippen LogP contribution in [0.15, 0.2) is 42.7 Å². The minimum absolute atomic E-state index is 0.0567. The number of likely N-dealkylation sites (tertiary alicyclic amines) is 1. The summed E-state index contributed by atoms with van der Waals surface area (Å²) in [5, 5.41) is 0.671. The van der Waals surface area contributed by atoms with Gasteiger partial charge < -0.3 is 9.80 Å². The predicted molar refractivity (Wildman–Crippen MR) is 100 cm³/mol. The Kier molecular flexibility index (Phi) is 4.62. The molecule has 2 fully saturated rings. The van der Waals surface area contributed by atoms with Gasteiger partial charge in [-0.3, -0.25) is 9.78 Å². The van der Waals surface area contributed by atoms with Crippen LogP contribution in [-0.4, -0.2) is 35.4 Å². The standard InChI is InChI=1S/C20H22ClN3O/c21-17-13-15(7-8-19(17)23-10-1-2-11-23)20(25)24-12-4-6-18(24)16-5-3-9-22-14-16/h3,5,7-9,13-14,18H,1-2,4,6,10-12H2. The lowest BCUT2D eigenvalue weighted by atomic mass is 10.1. The number of halogens is 1. The molecule has 2 aromatic rings. The zero-order valence-corrected chi connectivity index (χ0v) is 15.0. The second-order valence-corrected chi connectivity index (χ2v) is 7.21. The zero-order valence-electron chi connectivity index (χ0n) is 14.2. The normalized spacial score (nSPS) is 20.3. The van der Waals surface area contributed by atoms with Gasteiger partial charge in [-0.2, -0.15) is 0 Å². The number of hydrogen-bond acceptors (Lipinski definition) is 3. The lowest BCUT2D eigenvalue weighted by Gasteiger charge is -2.26. The number of carbonyl (C=O) groups excluding carboxylic acids is 1. The molecule has 130 valence electrons.